The Morgan fingerprint density at radius 2 is 1.84 bits per heavy atom. The van der Waals surface area contributed by atoms with Crippen LogP contribution >= 0.6 is 11.3 Å². The maximum absolute atomic E-state index is 12.4. The molecule has 0 saturated heterocycles. The summed E-state index contributed by atoms with van der Waals surface area (Å²) in [4.78, 5) is 27.6. The number of hydrogen-bond donors (Lipinski definition) is 1. The van der Waals surface area contributed by atoms with Gasteiger partial charge in [0.05, 0.1) is 10.6 Å². The molecule has 3 rings (SSSR count). The molecule has 0 radical (unpaired) electrons. The van der Waals surface area contributed by atoms with Crippen LogP contribution in [0.25, 0.3) is 10.6 Å². The quantitative estimate of drug-likeness (QED) is 0.556. The number of thiazole rings is 1. The Balaban J connectivity index is 1.75. The van der Waals surface area contributed by atoms with Crippen molar-refractivity contribution in [3.8, 4) is 10.6 Å². The molecule has 0 spiro atoms. The highest BCUT2D eigenvalue weighted by molar-refractivity contribution is 7.17. The van der Waals surface area contributed by atoms with E-state index < -0.39 is 4.92 Å². The van der Waals surface area contributed by atoms with E-state index in [9.17, 15) is 14.9 Å². The van der Waals surface area contributed by atoms with Gasteiger partial charge in [0.2, 0.25) is 0 Å². The first-order chi connectivity index (χ1) is 12.0. The number of amides is 1. The van der Waals surface area contributed by atoms with E-state index in [1.165, 1.54) is 23.5 Å². The van der Waals surface area contributed by atoms with Gasteiger partial charge in [-0.15, -0.1) is 11.3 Å². The van der Waals surface area contributed by atoms with Crippen molar-refractivity contribution in [2.24, 2.45) is 0 Å². The van der Waals surface area contributed by atoms with Gasteiger partial charge in [-0.25, -0.2) is 4.98 Å². The lowest BCUT2D eigenvalue weighted by Crippen LogP contribution is -2.22. The lowest BCUT2D eigenvalue weighted by atomic mass is 10.2. The Labute approximate surface area is 148 Å². The molecule has 25 heavy (non-hydrogen) atoms. The van der Waals surface area contributed by atoms with Gasteiger partial charge in [-0.1, -0.05) is 30.3 Å². The summed E-state index contributed by atoms with van der Waals surface area (Å²) in [6, 6.07) is 15.8. The number of nitro groups is 1. The monoisotopic (exact) mass is 353 g/mol. The Morgan fingerprint density at radius 3 is 2.48 bits per heavy atom. The normalized spacial score (nSPS) is 10.4. The van der Waals surface area contributed by atoms with Crippen LogP contribution in [0.2, 0.25) is 0 Å². The van der Waals surface area contributed by atoms with Gasteiger partial charge in [0.1, 0.15) is 9.88 Å². The number of hydrogen-bond acceptors (Lipinski definition) is 5. The molecule has 2 aromatic carbocycles. The van der Waals surface area contributed by atoms with E-state index in [-0.39, 0.29) is 11.6 Å². The molecule has 0 atom stereocenters. The van der Waals surface area contributed by atoms with Crippen molar-refractivity contribution in [2.45, 2.75) is 13.5 Å². The van der Waals surface area contributed by atoms with E-state index in [4.69, 9.17) is 0 Å². The number of carbonyl (C=O) groups is 1. The molecule has 1 N–H and O–H groups in total. The first kappa shape index (κ1) is 16.8. The van der Waals surface area contributed by atoms with Gasteiger partial charge in [-0.2, -0.15) is 0 Å². The van der Waals surface area contributed by atoms with E-state index in [1.54, 1.807) is 19.1 Å². The molecule has 0 aliphatic heterocycles. The topological polar surface area (TPSA) is 85.1 Å². The summed E-state index contributed by atoms with van der Waals surface area (Å²) in [5.74, 6) is -0.174. The number of aromatic nitrogens is 1. The second-order valence-electron chi connectivity index (χ2n) is 5.41. The minimum Gasteiger partial charge on any atom is -0.347 e. The largest absolute Gasteiger partial charge is 0.347 e. The molecule has 1 amide bonds. The Kier molecular flexibility index (Phi) is 4.85. The van der Waals surface area contributed by atoms with Crippen LogP contribution in [0.5, 0.6) is 0 Å². The van der Waals surface area contributed by atoms with Crippen molar-refractivity contribution < 1.29 is 9.72 Å². The number of benzene rings is 2. The van der Waals surface area contributed by atoms with Gasteiger partial charge in [0.25, 0.3) is 11.6 Å². The summed E-state index contributed by atoms with van der Waals surface area (Å²) in [5.41, 5.74) is 2.44. The maximum Gasteiger partial charge on any atom is 0.269 e. The number of nitro benzene ring substituents is 1. The minimum absolute atomic E-state index is 0.0258. The highest BCUT2D eigenvalue weighted by Gasteiger charge is 2.16. The third kappa shape index (κ3) is 3.89. The third-order valence-corrected chi connectivity index (χ3v) is 4.83. The van der Waals surface area contributed by atoms with Crippen LogP contribution in [0.4, 0.5) is 5.69 Å². The molecule has 1 aromatic heterocycles. The predicted octanol–water partition coefficient (Wildman–Crippen LogP) is 3.96. The van der Waals surface area contributed by atoms with Crippen molar-refractivity contribution >= 4 is 22.9 Å². The van der Waals surface area contributed by atoms with Gasteiger partial charge in [-0.3, -0.25) is 14.9 Å². The number of nitrogens with zero attached hydrogens (tertiary/aromatic N) is 2. The molecule has 7 heteroatoms. The molecular weight excluding hydrogens is 338 g/mol. The molecule has 6 nitrogen and oxygen atoms in total. The van der Waals surface area contributed by atoms with Crippen molar-refractivity contribution in [1.82, 2.24) is 10.3 Å². The van der Waals surface area contributed by atoms with Crippen LogP contribution in [0.3, 0.4) is 0 Å². The minimum atomic E-state index is -0.445. The maximum atomic E-state index is 12.4. The fourth-order valence-corrected chi connectivity index (χ4v) is 3.30. The van der Waals surface area contributed by atoms with Crippen LogP contribution in [0.1, 0.15) is 20.9 Å². The number of non-ortho nitro benzene ring substituents is 1. The Hall–Kier alpha value is -3.06. The van der Waals surface area contributed by atoms with Crippen molar-refractivity contribution in [3.05, 3.63) is 80.8 Å². The second kappa shape index (κ2) is 7.23. The standard InChI is InChI=1S/C18H15N3O3S/c1-12-16(17(22)19-11-13-5-3-2-4-6-13)25-18(20-12)14-7-9-15(10-8-14)21(23)24/h2-10H,11H2,1H3,(H,19,22). The molecule has 0 bridgehead atoms. The second-order valence-corrected chi connectivity index (χ2v) is 6.40. The summed E-state index contributed by atoms with van der Waals surface area (Å²) in [5, 5.41) is 14.3. The highest BCUT2D eigenvalue weighted by Crippen LogP contribution is 2.29. The average molecular weight is 353 g/mol. The molecule has 0 fully saturated rings. The zero-order valence-electron chi connectivity index (χ0n) is 13.4. The fraction of sp³-hybridized carbons (Fsp3) is 0.111. The zero-order chi connectivity index (χ0) is 17.8. The van der Waals surface area contributed by atoms with Crippen molar-refractivity contribution in [1.29, 1.82) is 0 Å². The van der Waals surface area contributed by atoms with Crippen LogP contribution in [0.15, 0.2) is 54.6 Å². The van der Waals surface area contributed by atoms with Gasteiger partial charge in [0, 0.05) is 24.2 Å². The summed E-state index contributed by atoms with van der Waals surface area (Å²) < 4.78 is 0. The van der Waals surface area contributed by atoms with E-state index in [0.29, 0.717) is 22.1 Å². The molecule has 0 saturated carbocycles. The number of aryl methyl sites for hydroxylation is 1. The summed E-state index contributed by atoms with van der Waals surface area (Å²) in [6.07, 6.45) is 0. The zero-order valence-corrected chi connectivity index (χ0v) is 14.2. The smallest absolute Gasteiger partial charge is 0.269 e. The van der Waals surface area contributed by atoms with Gasteiger partial charge < -0.3 is 5.32 Å². The van der Waals surface area contributed by atoms with Crippen molar-refractivity contribution in [3.63, 3.8) is 0 Å². The van der Waals surface area contributed by atoms with Crippen LogP contribution in [0, 0.1) is 17.0 Å². The summed E-state index contributed by atoms with van der Waals surface area (Å²) in [6.45, 7) is 2.23. The lowest BCUT2D eigenvalue weighted by molar-refractivity contribution is -0.384. The lowest BCUT2D eigenvalue weighted by Gasteiger charge is -2.03. The number of carbonyl (C=O) groups excluding carboxylic acids is 1. The van der Waals surface area contributed by atoms with Gasteiger partial charge >= 0.3 is 0 Å². The van der Waals surface area contributed by atoms with E-state index in [0.717, 1.165) is 11.1 Å². The fourth-order valence-electron chi connectivity index (χ4n) is 2.31. The molecule has 126 valence electrons. The van der Waals surface area contributed by atoms with E-state index >= 15 is 0 Å². The summed E-state index contributed by atoms with van der Waals surface area (Å²) >= 11 is 1.28. The number of rotatable bonds is 5. The summed E-state index contributed by atoms with van der Waals surface area (Å²) in [7, 11) is 0. The third-order valence-electron chi connectivity index (χ3n) is 3.62. The first-order valence-electron chi connectivity index (χ1n) is 7.59. The molecule has 0 aliphatic carbocycles. The molecule has 0 unspecified atom stereocenters. The number of nitrogens with one attached hydrogen (secondary N) is 1. The Bertz CT molecular complexity index is 905. The van der Waals surface area contributed by atoms with Crippen LogP contribution in [-0.4, -0.2) is 15.8 Å². The SMILES string of the molecule is Cc1nc(-c2ccc([N+](=O)[O-])cc2)sc1C(=O)NCc1ccccc1. The molecule has 1 heterocycles. The van der Waals surface area contributed by atoms with Crippen LogP contribution in [-0.2, 0) is 6.54 Å². The van der Waals surface area contributed by atoms with Crippen molar-refractivity contribution in [2.75, 3.05) is 0 Å². The Morgan fingerprint density at radius 1 is 1.16 bits per heavy atom. The highest BCUT2D eigenvalue weighted by atomic mass is 32.1. The molecule has 0 aliphatic rings. The average Bonchev–Trinajstić information content (AvgIpc) is 3.02. The first-order valence-corrected chi connectivity index (χ1v) is 8.40. The van der Waals surface area contributed by atoms with E-state index in [2.05, 4.69) is 10.3 Å². The predicted molar refractivity (Wildman–Crippen MR) is 96.6 cm³/mol. The van der Waals surface area contributed by atoms with Gasteiger partial charge in [-0.05, 0) is 24.6 Å². The van der Waals surface area contributed by atoms with Crippen LogP contribution < -0.4 is 5.32 Å². The molecular formula is C18H15N3O3S. The van der Waals surface area contributed by atoms with E-state index in [1.807, 2.05) is 30.3 Å². The van der Waals surface area contributed by atoms with Gasteiger partial charge in [0.15, 0.2) is 0 Å². The molecule has 3 aromatic rings.